The van der Waals surface area contributed by atoms with Gasteiger partial charge >= 0.3 is 0 Å². The van der Waals surface area contributed by atoms with Gasteiger partial charge in [-0.2, -0.15) is 0 Å². The van der Waals surface area contributed by atoms with Gasteiger partial charge in [-0.25, -0.2) is 0 Å². The van der Waals surface area contributed by atoms with Crippen molar-refractivity contribution in [1.82, 2.24) is 0 Å². The van der Waals surface area contributed by atoms with Crippen molar-refractivity contribution in [2.45, 2.75) is 31.7 Å². The Labute approximate surface area is 73.0 Å². The predicted molar refractivity (Wildman–Crippen MR) is 43.8 cm³/mol. The summed E-state index contributed by atoms with van der Waals surface area (Å²) in [5.74, 6) is 0.147. The van der Waals surface area contributed by atoms with Crippen LogP contribution in [-0.2, 0) is 14.2 Å². The van der Waals surface area contributed by atoms with Crippen molar-refractivity contribution in [1.29, 1.82) is 0 Å². The van der Waals surface area contributed by atoms with Crippen LogP contribution in [0.1, 0.15) is 19.8 Å². The first-order valence-electron chi connectivity index (χ1n) is 4.63. The normalized spacial score (nSPS) is 46.5. The molecule has 0 aliphatic carbocycles. The van der Waals surface area contributed by atoms with Crippen LogP contribution in [0.5, 0.6) is 0 Å². The van der Waals surface area contributed by atoms with Gasteiger partial charge in [-0.1, -0.05) is 6.92 Å². The van der Waals surface area contributed by atoms with Crippen molar-refractivity contribution in [3.05, 3.63) is 0 Å². The average Bonchev–Trinajstić information content (AvgIpc) is 2.61. The second kappa shape index (κ2) is 2.98. The summed E-state index contributed by atoms with van der Waals surface area (Å²) in [6.07, 6.45) is 2.25. The highest BCUT2D eigenvalue weighted by Gasteiger charge is 2.53. The first-order valence-corrected chi connectivity index (χ1v) is 4.63. The van der Waals surface area contributed by atoms with E-state index in [1.54, 1.807) is 7.11 Å². The number of methoxy groups -OCH3 is 1. The maximum Gasteiger partial charge on any atom is 0.173 e. The summed E-state index contributed by atoms with van der Waals surface area (Å²) in [4.78, 5) is 0. The lowest BCUT2D eigenvalue weighted by Crippen LogP contribution is -2.34. The molecule has 2 aliphatic rings. The largest absolute Gasteiger partial charge is 0.379 e. The molecule has 2 fully saturated rings. The summed E-state index contributed by atoms with van der Waals surface area (Å²) >= 11 is 0. The molecule has 3 nitrogen and oxygen atoms in total. The average molecular weight is 172 g/mol. The van der Waals surface area contributed by atoms with Crippen LogP contribution in [0.15, 0.2) is 0 Å². The fourth-order valence-electron chi connectivity index (χ4n) is 2.34. The van der Waals surface area contributed by atoms with Crippen LogP contribution >= 0.6 is 0 Å². The van der Waals surface area contributed by atoms with Gasteiger partial charge in [0.05, 0.1) is 19.3 Å². The van der Waals surface area contributed by atoms with E-state index in [0.717, 1.165) is 19.4 Å². The summed E-state index contributed by atoms with van der Waals surface area (Å²) in [5.41, 5.74) is 0. The van der Waals surface area contributed by atoms with E-state index in [9.17, 15) is 0 Å². The maximum absolute atomic E-state index is 5.67. The van der Waals surface area contributed by atoms with Crippen LogP contribution in [-0.4, -0.2) is 32.2 Å². The molecule has 2 saturated heterocycles. The zero-order valence-electron chi connectivity index (χ0n) is 7.71. The van der Waals surface area contributed by atoms with E-state index in [1.807, 2.05) is 0 Å². The van der Waals surface area contributed by atoms with Gasteiger partial charge in [0.2, 0.25) is 0 Å². The SMILES string of the molecule is CC[C@]12OCC[C@H]1[C@@H](OC)CO2. The summed E-state index contributed by atoms with van der Waals surface area (Å²) in [7, 11) is 1.75. The highest BCUT2D eigenvalue weighted by molar-refractivity contribution is 4.94. The molecule has 3 heteroatoms. The monoisotopic (exact) mass is 172 g/mol. The molecule has 0 aromatic rings. The van der Waals surface area contributed by atoms with Gasteiger partial charge in [0.25, 0.3) is 0 Å². The summed E-state index contributed by atoms with van der Waals surface area (Å²) in [5, 5.41) is 0. The lowest BCUT2D eigenvalue weighted by Gasteiger charge is -2.26. The molecule has 3 atom stereocenters. The first kappa shape index (κ1) is 8.48. The van der Waals surface area contributed by atoms with Crippen LogP contribution < -0.4 is 0 Å². The van der Waals surface area contributed by atoms with Gasteiger partial charge in [-0.05, 0) is 12.8 Å². The maximum atomic E-state index is 5.67. The number of rotatable bonds is 2. The van der Waals surface area contributed by atoms with E-state index in [2.05, 4.69) is 6.92 Å². The molecule has 0 aromatic carbocycles. The minimum absolute atomic E-state index is 0.243. The Hall–Kier alpha value is -0.120. The van der Waals surface area contributed by atoms with E-state index < -0.39 is 0 Å². The van der Waals surface area contributed by atoms with Crippen LogP contribution in [0.4, 0.5) is 0 Å². The van der Waals surface area contributed by atoms with Gasteiger partial charge in [-0.15, -0.1) is 0 Å². The quantitative estimate of drug-likeness (QED) is 0.626. The lowest BCUT2D eigenvalue weighted by atomic mass is 9.93. The third kappa shape index (κ3) is 1.00. The van der Waals surface area contributed by atoms with Crippen molar-refractivity contribution >= 4 is 0 Å². The Morgan fingerprint density at radius 2 is 2.33 bits per heavy atom. The molecule has 0 spiro atoms. The molecule has 12 heavy (non-hydrogen) atoms. The molecule has 0 aromatic heterocycles. The molecule has 0 bridgehead atoms. The molecule has 0 N–H and O–H groups in total. The van der Waals surface area contributed by atoms with E-state index in [4.69, 9.17) is 14.2 Å². The predicted octanol–water partition coefficient (Wildman–Crippen LogP) is 1.17. The van der Waals surface area contributed by atoms with Gasteiger partial charge in [0.1, 0.15) is 0 Å². The topological polar surface area (TPSA) is 27.7 Å². The highest BCUT2D eigenvalue weighted by Crippen LogP contribution is 2.44. The Bertz CT molecular complexity index is 171. The number of hydrogen-bond donors (Lipinski definition) is 0. The van der Waals surface area contributed by atoms with E-state index in [-0.39, 0.29) is 11.9 Å². The fraction of sp³-hybridized carbons (Fsp3) is 1.00. The Morgan fingerprint density at radius 1 is 1.50 bits per heavy atom. The van der Waals surface area contributed by atoms with E-state index in [1.165, 1.54) is 0 Å². The molecule has 2 heterocycles. The second-order valence-electron chi connectivity index (χ2n) is 3.49. The summed E-state index contributed by atoms with van der Waals surface area (Å²) in [6.45, 7) is 3.61. The van der Waals surface area contributed by atoms with Crippen molar-refractivity contribution < 1.29 is 14.2 Å². The standard InChI is InChI=1S/C9H16O3/c1-3-9-7(4-5-11-9)8(10-2)6-12-9/h7-8H,3-6H2,1-2H3/t7-,8-,9+/m0/s1. The Kier molecular flexibility index (Phi) is 2.10. The van der Waals surface area contributed by atoms with Crippen LogP contribution in [0.2, 0.25) is 0 Å². The van der Waals surface area contributed by atoms with Gasteiger partial charge < -0.3 is 14.2 Å². The molecule has 2 rings (SSSR count). The molecule has 2 aliphatic heterocycles. The molecule has 0 unspecified atom stereocenters. The number of hydrogen-bond acceptors (Lipinski definition) is 3. The van der Waals surface area contributed by atoms with E-state index >= 15 is 0 Å². The molecule has 0 saturated carbocycles. The minimum Gasteiger partial charge on any atom is -0.379 e. The number of ether oxygens (including phenoxy) is 3. The van der Waals surface area contributed by atoms with Crippen molar-refractivity contribution in [3.63, 3.8) is 0 Å². The molecule has 70 valence electrons. The summed E-state index contributed by atoms with van der Waals surface area (Å²) < 4.78 is 16.7. The van der Waals surface area contributed by atoms with Crippen molar-refractivity contribution in [3.8, 4) is 0 Å². The van der Waals surface area contributed by atoms with Gasteiger partial charge in [0, 0.05) is 13.0 Å². The first-order chi connectivity index (χ1) is 5.82. The van der Waals surface area contributed by atoms with Crippen LogP contribution in [0.25, 0.3) is 0 Å². The van der Waals surface area contributed by atoms with Gasteiger partial charge in [-0.3, -0.25) is 0 Å². The Balaban J connectivity index is 2.14. The minimum atomic E-state index is -0.305. The third-order valence-electron chi connectivity index (χ3n) is 3.08. The van der Waals surface area contributed by atoms with Crippen molar-refractivity contribution in [2.24, 2.45) is 5.92 Å². The fourth-order valence-corrected chi connectivity index (χ4v) is 2.34. The molecular formula is C9H16O3. The van der Waals surface area contributed by atoms with Crippen LogP contribution in [0, 0.1) is 5.92 Å². The van der Waals surface area contributed by atoms with Crippen LogP contribution in [0.3, 0.4) is 0 Å². The van der Waals surface area contributed by atoms with E-state index in [0.29, 0.717) is 12.5 Å². The highest BCUT2D eigenvalue weighted by atomic mass is 16.7. The van der Waals surface area contributed by atoms with Crippen molar-refractivity contribution in [2.75, 3.05) is 20.3 Å². The molecule has 0 radical (unpaired) electrons. The van der Waals surface area contributed by atoms with Gasteiger partial charge in [0.15, 0.2) is 5.79 Å². The second-order valence-corrected chi connectivity index (χ2v) is 3.49. The number of fused-ring (bicyclic) bond motifs is 1. The third-order valence-corrected chi connectivity index (χ3v) is 3.08. The summed E-state index contributed by atoms with van der Waals surface area (Å²) in [6, 6.07) is 0. The molecule has 0 amide bonds. The Morgan fingerprint density at radius 3 is 3.00 bits per heavy atom. The zero-order valence-corrected chi connectivity index (χ0v) is 7.71. The smallest absolute Gasteiger partial charge is 0.173 e. The molecular weight excluding hydrogens is 156 g/mol. The lowest BCUT2D eigenvalue weighted by molar-refractivity contribution is -0.197. The zero-order chi connectivity index (χ0) is 8.60.